The summed E-state index contributed by atoms with van der Waals surface area (Å²) in [6.07, 6.45) is -3.81. The van der Waals surface area contributed by atoms with E-state index < -0.39 is 17.6 Å². The third kappa shape index (κ3) is 6.41. The van der Waals surface area contributed by atoms with Crippen molar-refractivity contribution in [2.45, 2.75) is 32.7 Å². The van der Waals surface area contributed by atoms with Gasteiger partial charge in [0.15, 0.2) is 0 Å². The molecule has 1 amide bonds. The molecular formula is C32H26ClF4N3O2. The maximum absolute atomic E-state index is 14.7. The van der Waals surface area contributed by atoms with Crippen molar-refractivity contribution in [3.8, 4) is 17.0 Å². The first kappa shape index (κ1) is 29.1. The Bertz CT molecular complexity index is 1750. The molecule has 0 unspecified atom stereocenters. The van der Waals surface area contributed by atoms with Crippen LogP contribution in [-0.2, 0) is 19.3 Å². The van der Waals surface area contributed by atoms with Crippen molar-refractivity contribution in [1.82, 2.24) is 15.1 Å². The molecule has 0 atom stereocenters. The molecule has 4 aromatic carbocycles. The fraction of sp³-hybridized carbons (Fsp3) is 0.188. The highest BCUT2D eigenvalue weighted by Crippen LogP contribution is 2.39. The summed E-state index contributed by atoms with van der Waals surface area (Å²) in [6.45, 7) is 2.58. The molecule has 0 saturated heterocycles. The molecule has 5 rings (SSSR count). The highest BCUT2D eigenvalue weighted by Gasteiger charge is 2.34. The average Bonchev–Trinajstić information content (AvgIpc) is 3.34. The van der Waals surface area contributed by atoms with E-state index in [1.807, 2.05) is 13.0 Å². The van der Waals surface area contributed by atoms with Crippen LogP contribution in [0.1, 0.15) is 40.4 Å². The third-order valence-corrected chi connectivity index (χ3v) is 6.88. The number of carbonyl (C=O) groups is 1. The summed E-state index contributed by atoms with van der Waals surface area (Å²) >= 11 is 5.90. The maximum Gasteiger partial charge on any atom is 0.418 e. The van der Waals surface area contributed by atoms with Gasteiger partial charge in [-0.15, -0.1) is 0 Å². The minimum Gasteiger partial charge on any atom is -0.489 e. The van der Waals surface area contributed by atoms with Crippen molar-refractivity contribution < 1.29 is 27.1 Å². The molecule has 5 nitrogen and oxygen atoms in total. The van der Waals surface area contributed by atoms with Crippen molar-refractivity contribution in [2.75, 3.05) is 6.54 Å². The molecule has 0 aliphatic carbocycles. The van der Waals surface area contributed by atoms with Gasteiger partial charge in [0.25, 0.3) is 5.91 Å². The molecule has 0 radical (unpaired) electrons. The Kier molecular flexibility index (Phi) is 8.49. The number of rotatable bonds is 9. The molecule has 0 fully saturated rings. The largest absolute Gasteiger partial charge is 0.489 e. The lowest BCUT2D eigenvalue weighted by atomic mass is 10.0. The van der Waals surface area contributed by atoms with Crippen LogP contribution >= 0.6 is 11.6 Å². The lowest BCUT2D eigenvalue weighted by Crippen LogP contribution is -2.24. The number of aromatic nitrogens is 2. The second kappa shape index (κ2) is 12.2. The smallest absolute Gasteiger partial charge is 0.418 e. The van der Waals surface area contributed by atoms with Crippen LogP contribution in [0.15, 0.2) is 84.9 Å². The SMILES string of the molecule is CCCNC(=O)c1cccc(COc2cccc(-c3c4cccc(C(F)(F)F)c4nn3Cc3ccc(Cl)cc3F)c2)c1. The summed E-state index contributed by atoms with van der Waals surface area (Å²) in [5.74, 6) is -0.304. The highest BCUT2D eigenvalue weighted by atomic mass is 35.5. The fourth-order valence-electron chi connectivity index (χ4n) is 4.65. The number of amides is 1. The van der Waals surface area contributed by atoms with Gasteiger partial charge in [0.2, 0.25) is 0 Å². The molecule has 10 heteroatoms. The van der Waals surface area contributed by atoms with Crippen LogP contribution in [0.4, 0.5) is 17.6 Å². The highest BCUT2D eigenvalue weighted by molar-refractivity contribution is 6.30. The van der Waals surface area contributed by atoms with Crippen molar-refractivity contribution >= 4 is 28.4 Å². The molecule has 216 valence electrons. The van der Waals surface area contributed by atoms with Crippen LogP contribution in [0.5, 0.6) is 5.75 Å². The molecule has 1 N–H and O–H groups in total. The second-order valence-electron chi connectivity index (χ2n) is 9.71. The van der Waals surface area contributed by atoms with E-state index in [2.05, 4.69) is 10.4 Å². The summed E-state index contributed by atoms with van der Waals surface area (Å²) in [4.78, 5) is 12.3. The van der Waals surface area contributed by atoms with E-state index in [1.54, 1.807) is 48.5 Å². The number of hydrogen-bond donors (Lipinski definition) is 1. The van der Waals surface area contributed by atoms with Gasteiger partial charge < -0.3 is 10.1 Å². The van der Waals surface area contributed by atoms with E-state index in [1.165, 1.54) is 22.9 Å². The van der Waals surface area contributed by atoms with Gasteiger partial charge in [-0.2, -0.15) is 18.3 Å². The molecule has 0 aliphatic heterocycles. The zero-order valence-corrected chi connectivity index (χ0v) is 23.3. The van der Waals surface area contributed by atoms with Crippen molar-refractivity contribution in [3.63, 3.8) is 0 Å². The van der Waals surface area contributed by atoms with Crippen LogP contribution in [0, 0.1) is 5.82 Å². The minimum absolute atomic E-state index is 0.123. The monoisotopic (exact) mass is 595 g/mol. The van der Waals surface area contributed by atoms with E-state index in [9.17, 15) is 22.4 Å². The number of nitrogens with zero attached hydrogens (tertiary/aromatic N) is 2. The number of nitrogens with one attached hydrogen (secondary N) is 1. The minimum atomic E-state index is -4.63. The summed E-state index contributed by atoms with van der Waals surface area (Å²) in [5, 5.41) is 7.62. The Morgan fingerprint density at radius 2 is 1.79 bits per heavy atom. The van der Waals surface area contributed by atoms with Gasteiger partial charge in [-0.25, -0.2) is 4.39 Å². The standard InChI is InChI=1S/C32H26ClF4N3O2/c1-2-14-38-31(41)22-8-3-6-20(15-22)19-42-25-9-4-7-21(16-25)30-26-10-5-11-27(32(35,36)37)29(26)39-40(30)18-23-12-13-24(33)17-28(23)34/h3-13,15-17H,2,14,18-19H2,1H3,(H,38,41). The first-order valence-electron chi connectivity index (χ1n) is 13.2. The Balaban J connectivity index is 1.50. The van der Waals surface area contributed by atoms with Gasteiger partial charge in [0.05, 0.1) is 17.8 Å². The Labute approximate surface area is 244 Å². The molecule has 1 aromatic heterocycles. The quantitative estimate of drug-likeness (QED) is 0.174. The lowest BCUT2D eigenvalue weighted by molar-refractivity contribution is -0.136. The van der Waals surface area contributed by atoms with E-state index in [-0.39, 0.29) is 40.5 Å². The van der Waals surface area contributed by atoms with E-state index in [4.69, 9.17) is 16.3 Å². The normalized spacial score (nSPS) is 11.6. The van der Waals surface area contributed by atoms with Crippen LogP contribution in [-0.4, -0.2) is 22.2 Å². The number of carbonyl (C=O) groups excluding carboxylic acids is 1. The summed E-state index contributed by atoms with van der Waals surface area (Å²) in [6, 6.07) is 22.0. The van der Waals surface area contributed by atoms with Crippen molar-refractivity contribution in [3.05, 3.63) is 118 Å². The van der Waals surface area contributed by atoms with E-state index in [0.29, 0.717) is 29.1 Å². The predicted octanol–water partition coefficient (Wildman–Crippen LogP) is 8.28. The van der Waals surface area contributed by atoms with Gasteiger partial charge >= 0.3 is 6.18 Å². The maximum atomic E-state index is 14.7. The molecule has 5 aromatic rings. The zero-order chi connectivity index (χ0) is 29.9. The first-order valence-corrected chi connectivity index (χ1v) is 13.6. The Morgan fingerprint density at radius 1 is 1.00 bits per heavy atom. The summed E-state index contributed by atoms with van der Waals surface area (Å²) in [5.41, 5.74) is 1.31. The second-order valence-corrected chi connectivity index (χ2v) is 10.2. The van der Waals surface area contributed by atoms with Gasteiger partial charge in [0.1, 0.15) is 23.7 Å². The summed E-state index contributed by atoms with van der Waals surface area (Å²) < 4.78 is 63.8. The molecule has 0 aliphatic rings. The van der Waals surface area contributed by atoms with E-state index >= 15 is 0 Å². The molecule has 0 bridgehead atoms. The number of benzene rings is 4. The molecule has 1 heterocycles. The van der Waals surface area contributed by atoms with Crippen LogP contribution in [0.3, 0.4) is 0 Å². The summed E-state index contributed by atoms with van der Waals surface area (Å²) in [7, 11) is 0. The average molecular weight is 596 g/mol. The number of ether oxygens (including phenoxy) is 1. The number of alkyl halides is 3. The third-order valence-electron chi connectivity index (χ3n) is 6.65. The van der Waals surface area contributed by atoms with Crippen LogP contribution < -0.4 is 10.1 Å². The molecular weight excluding hydrogens is 570 g/mol. The number of hydrogen-bond acceptors (Lipinski definition) is 3. The van der Waals surface area contributed by atoms with Gasteiger partial charge in [0, 0.05) is 33.6 Å². The van der Waals surface area contributed by atoms with E-state index in [0.717, 1.165) is 24.1 Å². The first-order chi connectivity index (χ1) is 20.1. The van der Waals surface area contributed by atoms with Crippen LogP contribution in [0.2, 0.25) is 5.02 Å². The fourth-order valence-corrected chi connectivity index (χ4v) is 4.81. The van der Waals surface area contributed by atoms with Crippen molar-refractivity contribution in [2.24, 2.45) is 0 Å². The molecule has 42 heavy (non-hydrogen) atoms. The zero-order valence-electron chi connectivity index (χ0n) is 22.5. The van der Waals surface area contributed by atoms with Gasteiger partial charge in [-0.1, -0.05) is 61.0 Å². The Morgan fingerprint density at radius 3 is 2.55 bits per heavy atom. The van der Waals surface area contributed by atoms with Gasteiger partial charge in [-0.05, 0) is 54.4 Å². The number of halogens is 5. The number of fused-ring (bicyclic) bond motifs is 1. The van der Waals surface area contributed by atoms with Crippen molar-refractivity contribution in [1.29, 1.82) is 0 Å². The topological polar surface area (TPSA) is 56.1 Å². The molecule has 0 spiro atoms. The van der Waals surface area contributed by atoms with Gasteiger partial charge in [-0.3, -0.25) is 9.48 Å². The molecule has 0 saturated carbocycles. The van der Waals surface area contributed by atoms with Crippen LogP contribution in [0.25, 0.3) is 22.2 Å². The lowest BCUT2D eigenvalue weighted by Gasteiger charge is -2.12. The predicted molar refractivity (Wildman–Crippen MR) is 154 cm³/mol. The Hall–Kier alpha value is -4.37.